The van der Waals surface area contributed by atoms with E-state index in [1.165, 1.54) is 7.11 Å². The van der Waals surface area contributed by atoms with Crippen molar-refractivity contribution < 1.29 is 14.6 Å². The molecule has 1 aromatic rings. The smallest absolute Gasteiger partial charge is 0.315 e. The predicted molar refractivity (Wildman–Crippen MR) is 74.2 cm³/mol. The Kier molecular flexibility index (Phi) is 7.25. The molecule has 1 aromatic carbocycles. The number of benzene rings is 1. The van der Waals surface area contributed by atoms with Crippen LogP contribution in [0.15, 0.2) is 24.3 Å². The highest BCUT2D eigenvalue weighted by Crippen LogP contribution is 2.13. The molecular weight excluding hydrogens is 268 g/mol. The van der Waals surface area contributed by atoms with E-state index in [1.807, 2.05) is 18.2 Å². The Bertz CT molecular complexity index is 401. The number of urea groups is 1. The first-order valence-corrected chi connectivity index (χ1v) is 6.43. The lowest BCUT2D eigenvalue weighted by molar-refractivity contribution is 0.0598. The quantitative estimate of drug-likeness (QED) is 0.712. The van der Waals surface area contributed by atoms with E-state index < -0.39 is 6.10 Å². The highest BCUT2D eigenvalue weighted by Gasteiger charge is 2.05. The molecule has 19 heavy (non-hydrogen) atoms. The first-order valence-electron chi connectivity index (χ1n) is 6.05. The van der Waals surface area contributed by atoms with Crippen LogP contribution in [0.1, 0.15) is 12.0 Å². The normalized spacial score (nSPS) is 11.9. The molecule has 0 fully saturated rings. The Morgan fingerprint density at radius 3 is 2.84 bits per heavy atom. The topological polar surface area (TPSA) is 70.6 Å². The molecular formula is C13H19ClN2O3. The molecule has 0 bridgehead atoms. The van der Waals surface area contributed by atoms with Crippen molar-refractivity contribution in [1.82, 2.24) is 10.6 Å². The number of aliphatic hydroxyl groups is 1. The summed E-state index contributed by atoms with van der Waals surface area (Å²) in [6.07, 6.45) is -0.109. The van der Waals surface area contributed by atoms with Gasteiger partial charge in [-0.25, -0.2) is 4.79 Å². The maximum Gasteiger partial charge on any atom is 0.315 e. The third-order valence-corrected chi connectivity index (χ3v) is 2.89. The van der Waals surface area contributed by atoms with E-state index in [1.54, 1.807) is 6.07 Å². The van der Waals surface area contributed by atoms with Gasteiger partial charge in [-0.15, -0.1) is 0 Å². The molecule has 0 saturated heterocycles. The van der Waals surface area contributed by atoms with Gasteiger partial charge >= 0.3 is 6.03 Å². The maximum atomic E-state index is 11.5. The monoisotopic (exact) mass is 286 g/mol. The molecule has 0 saturated carbocycles. The van der Waals surface area contributed by atoms with E-state index >= 15 is 0 Å². The fourth-order valence-electron chi connectivity index (χ4n) is 1.51. The molecule has 0 aromatic heterocycles. The first-order chi connectivity index (χ1) is 9.13. The van der Waals surface area contributed by atoms with Gasteiger partial charge in [-0.1, -0.05) is 29.8 Å². The van der Waals surface area contributed by atoms with Gasteiger partial charge in [0.2, 0.25) is 0 Å². The van der Waals surface area contributed by atoms with Crippen LogP contribution in [-0.4, -0.2) is 37.5 Å². The van der Waals surface area contributed by atoms with Gasteiger partial charge in [0.15, 0.2) is 0 Å². The lowest BCUT2D eigenvalue weighted by atomic mass is 10.2. The summed E-state index contributed by atoms with van der Waals surface area (Å²) in [4.78, 5) is 11.5. The fraction of sp³-hybridized carbons (Fsp3) is 0.462. The lowest BCUT2D eigenvalue weighted by Gasteiger charge is -2.11. The number of nitrogens with one attached hydrogen (secondary N) is 2. The van der Waals surface area contributed by atoms with E-state index in [0.29, 0.717) is 24.5 Å². The van der Waals surface area contributed by atoms with Crippen LogP contribution in [0, 0.1) is 0 Å². The van der Waals surface area contributed by atoms with Gasteiger partial charge in [-0.2, -0.15) is 0 Å². The van der Waals surface area contributed by atoms with E-state index in [-0.39, 0.29) is 12.6 Å². The van der Waals surface area contributed by atoms with Crippen molar-refractivity contribution in [2.75, 3.05) is 20.3 Å². The van der Waals surface area contributed by atoms with E-state index in [9.17, 15) is 9.90 Å². The second-order valence-electron chi connectivity index (χ2n) is 4.10. The summed E-state index contributed by atoms with van der Waals surface area (Å²) in [5, 5.41) is 15.4. The summed E-state index contributed by atoms with van der Waals surface area (Å²) in [6.45, 7) is 1.02. The summed E-state index contributed by atoms with van der Waals surface area (Å²) in [5.41, 5.74) is 0.860. The molecule has 1 atom stereocenters. The average Bonchev–Trinajstić information content (AvgIpc) is 2.38. The predicted octanol–water partition coefficient (Wildman–Crippen LogP) is 1.54. The van der Waals surface area contributed by atoms with Gasteiger partial charge in [0.05, 0.1) is 12.7 Å². The minimum Gasteiger partial charge on any atom is -0.391 e. The highest BCUT2D eigenvalue weighted by molar-refractivity contribution is 6.31. The first kappa shape index (κ1) is 15.8. The van der Waals surface area contributed by atoms with Crippen molar-refractivity contribution in [3.05, 3.63) is 34.9 Å². The van der Waals surface area contributed by atoms with Gasteiger partial charge in [-0.3, -0.25) is 0 Å². The molecule has 0 aliphatic heterocycles. The largest absolute Gasteiger partial charge is 0.391 e. The number of hydrogen-bond donors (Lipinski definition) is 3. The highest BCUT2D eigenvalue weighted by atomic mass is 35.5. The SMILES string of the molecule is COCC(O)CCNC(=O)NCc1ccccc1Cl. The molecule has 0 spiro atoms. The van der Waals surface area contributed by atoms with E-state index in [0.717, 1.165) is 5.56 Å². The molecule has 0 aliphatic rings. The zero-order chi connectivity index (χ0) is 14.1. The zero-order valence-corrected chi connectivity index (χ0v) is 11.6. The van der Waals surface area contributed by atoms with Gasteiger partial charge < -0.3 is 20.5 Å². The van der Waals surface area contributed by atoms with Crippen molar-refractivity contribution in [3.63, 3.8) is 0 Å². The van der Waals surface area contributed by atoms with Crippen LogP contribution in [0.5, 0.6) is 0 Å². The Morgan fingerprint density at radius 1 is 1.42 bits per heavy atom. The third-order valence-electron chi connectivity index (χ3n) is 2.52. The van der Waals surface area contributed by atoms with Crippen molar-refractivity contribution in [2.24, 2.45) is 0 Å². The standard InChI is InChI=1S/C13H19ClN2O3/c1-19-9-11(17)6-7-15-13(18)16-8-10-4-2-3-5-12(10)14/h2-5,11,17H,6-9H2,1H3,(H2,15,16,18). The number of rotatable bonds is 7. The summed E-state index contributed by atoms with van der Waals surface area (Å²) >= 11 is 5.97. The Hall–Kier alpha value is -1.30. The van der Waals surface area contributed by atoms with Crippen molar-refractivity contribution in [2.45, 2.75) is 19.1 Å². The summed E-state index contributed by atoms with van der Waals surface area (Å²) in [5.74, 6) is 0. The Balaban J connectivity index is 2.20. The van der Waals surface area contributed by atoms with Crippen LogP contribution in [0.2, 0.25) is 5.02 Å². The molecule has 0 radical (unpaired) electrons. The minimum atomic E-state index is -0.561. The number of aliphatic hydroxyl groups excluding tert-OH is 1. The fourth-order valence-corrected chi connectivity index (χ4v) is 1.71. The van der Waals surface area contributed by atoms with Crippen LogP contribution < -0.4 is 10.6 Å². The molecule has 0 aliphatic carbocycles. The van der Waals surface area contributed by atoms with Gasteiger partial charge in [0.1, 0.15) is 0 Å². The molecule has 3 N–H and O–H groups in total. The summed E-state index contributed by atoms with van der Waals surface area (Å²) < 4.78 is 4.79. The molecule has 5 nitrogen and oxygen atoms in total. The number of amides is 2. The Labute approximate surface area is 117 Å². The van der Waals surface area contributed by atoms with E-state index in [4.69, 9.17) is 16.3 Å². The zero-order valence-electron chi connectivity index (χ0n) is 10.9. The van der Waals surface area contributed by atoms with Crippen LogP contribution in [-0.2, 0) is 11.3 Å². The molecule has 1 unspecified atom stereocenters. The molecule has 106 valence electrons. The minimum absolute atomic E-state index is 0.267. The second kappa shape index (κ2) is 8.74. The van der Waals surface area contributed by atoms with Crippen LogP contribution in [0.25, 0.3) is 0 Å². The van der Waals surface area contributed by atoms with Gasteiger partial charge in [0, 0.05) is 25.2 Å². The second-order valence-corrected chi connectivity index (χ2v) is 4.51. The van der Waals surface area contributed by atoms with Crippen LogP contribution >= 0.6 is 11.6 Å². The lowest BCUT2D eigenvalue weighted by Crippen LogP contribution is -2.37. The van der Waals surface area contributed by atoms with Crippen molar-refractivity contribution >= 4 is 17.6 Å². The van der Waals surface area contributed by atoms with Crippen LogP contribution in [0.4, 0.5) is 4.79 Å². The third kappa shape index (κ3) is 6.42. The van der Waals surface area contributed by atoms with Crippen molar-refractivity contribution in [1.29, 1.82) is 0 Å². The molecule has 2 amide bonds. The van der Waals surface area contributed by atoms with Crippen LogP contribution in [0.3, 0.4) is 0 Å². The molecule has 1 rings (SSSR count). The number of carbonyl (C=O) groups excluding carboxylic acids is 1. The number of hydrogen-bond acceptors (Lipinski definition) is 3. The number of ether oxygens (including phenoxy) is 1. The maximum absolute atomic E-state index is 11.5. The summed E-state index contributed by atoms with van der Waals surface area (Å²) in [7, 11) is 1.52. The van der Waals surface area contributed by atoms with Gasteiger partial charge in [-0.05, 0) is 18.1 Å². The van der Waals surface area contributed by atoms with Gasteiger partial charge in [0.25, 0.3) is 0 Å². The number of carbonyl (C=O) groups is 1. The van der Waals surface area contributed by atoms with E-state index in [2.05, 4.69) is 10.6 Å². The number of methoxy groups -OCH3 is 1. The summed E-state index contributed by atoms with van der Waals surface area (Å²) in [6, 6.07) is 7.04. The molecule has 6 heteroatoms. The Morgan fingerprint density at radius 2 is 2.16 bits per heavy atom. The molecule has 0 heterocycles. The number of halogens is 1. The average molecular weight is 287 g/mol. The van der Waals surface area contributed by atoms with Crippen molar-refractivity contribution in [3.8, 4) is 0 Å².